The molecule has 162 valence electrons. The second-order valence-corrected chi connectivity index (χ2v) is 7.86. The standard InChI is InChI=1S/C24H32N2O4/c27-19-23-24(21-4-2-1-3-5-21)26(13-17-30-23)18-20-6-8-22(9-7-20)29-16-12-25-10-14-28-15-11-25/h1-9,23-24,27H,10-19H2/t23-,24-/m0/s1. The lowest BCUT2D eigenvalue weighted by atomic mass is 9.97. The van der Waals surface area contributed by atoms with Crippen LogP contribution in [-0.4, -0.2) is 80.2 Å². The molecule has 6 nitrogen and oxygen atoms in total. The summed E-state index contributed by atoms with van der Waals surface area (Å²) in [6.07, 6.45) is -0.205. The Balaban J connectivity index is 1.34. The van der Waals surface area contributed by atoms with Crippen molar-refractivity contribution >= 4 is 0 Å². The molecule has 0 spiro atoms. The first-order chi connectivity index (χ1) is 14.8. The van der Waals surface area contributed by atoms with Crippen molar-refractivity contribution in [2.75, 3.05) is 59.2 Å². The highest BCUT2D eigenvalue weighted by Crippen LogP contribution is 2.31. The van der Waals surface area contributed by atoms with E-state index in [-0.39, 0.29) is 18.8 Å². The normalized spacial score (nSPS) is 23.4. The molecule has 2 heterocycles. The van der Waals surface area contributed by atoms with E-state index in [1.165, 1.54) is 11.1 Å². The predicted octanol–water partition coefficient (Wildman–Crippen LogP) is 2.33. The molecule has 2 aliphatic heterocycles. The number of aliphatic hydroxyl groups excluding tert-OH is 1. The summed E-state index contributed by atoms with van der Waals surface area (Å²) < 4.78 is 17.2. The molecule has 0 aliphatic carbocycles. The molecule has 2 aromatic rings. The topological polar surface area (TPSA) is 54.4 Å². The van der Waals surface area contributed by atoms with Gasteiger partial charge in [0.1, 0.15) is 18.5 Å². The monoisotopic (exact) mass is 412 g/mol. The number of hydrogen-bond acceptors (Lipinski definition) is 6. The molecule has 0 amide bonds. The van der Waals surface area contributed by atoms with Gasteiger partial charge in [0.2, 0.25) is 0 Å². The Bertz CT molecular complexity index is 750. The van der Waals surface area contributed by atoms with Gasteiger partial charge in [-0.3, -0.25) is 9.80 Å². The second-order valence-electron chi connectivity index (χ2n) is 7.86. The molecule has 4 rings (SSSR count). The molecule has 2 fully saturated rings. The minimum absolute atomic E-state index is 0.0198. The Morgan fingerprint density at radius 3 is 2.43 bits per heavy atom. The van der Waals surface area contributed by atoms with Crippen molar-refractivity contribution in [3.8, 4) is 5.75 Å². The first kappa shape index (κ1) is 21.3. The van der Waals surface area contributed by atoms with Crippen molar-refractivity contribution in [1.29, 1.82) is 0 Å². The Morgan fingerprint density at radius 1 is 0.933 bits per heavy atom. The van der Waals surface area contributed by atoms with Crippen LogP contribution in [-0.2, 0) is 16.0 Å². The summed E-state index contributed by atoms with van der Waals surface area (Å²) in [5.41, 5.74) is 2.41. The second kappa shape index (κ2) is 10.9. The summed E-state index contributed by atoms with van der Waals surface area (Å²) >= 11 is 0. The number of morpholine rings is 2. The Labute approximate surface area is 179 Å². The molecule has 2 saturated heterocycles. The van der Waals surface area contributed by atoms with Gasteiger partial charge in [-0.15, -0.1) is 0 Å². The smallest absolute Gasteiger partial charge is 0.119 e. The van der Waals surface area contributed by atoms with Crippen LogP contribution in [0.15, 0.2) is 54.6 Å². The Morgan fingerprint density at radius 2 is 1.70 bits per heavy atom. The van der Waals surface area contributed by atoms with Gasteiger partial charge in [-0.2, -0.15) is 0 Å². The van der Waals surface area contributed by atoms with Crippen LogP contribution in [0.5, 0.6) is 5.75 Å². The Kier molecular flexibility index (Phi) is 7.72. The number of rotatable bonds is 8. The van der Waals surface area contributed by atoms with Crippen LogP contribution in [0.25, 0.3) is 0 Å². The average Bonchev–Trinajstić information content (AvgIpc) is 2.81. The average molecular weight is 413 g/mol. The molecule has 2 atom stereocenters. The minimum atomic E-state index is -0.205. The Hall–Kier alpha value is -1.96. The van der Waals surface area contributed by atoms with Crippen LogP contribution >= 0.6 is 0 Å². The number of aliphatic hydroxyl groups is 1. The van der Waals surface area contributed by atoms with Gasteiger partial charge in [0, 0.05) is 32.7 Å². The van der Waals surface area contributed by atoms with Gasteiger partial charge in [-0.25, -0.2) is 0 Å². The van der Waals surface area contributed by atoms with Crippen molar-refractivity contribution < 1.29 is 19.3 Å². The third-order valence-corrected chi connectivity index (χ3v) is 5.87. The van der Waals surface area contributed by atoms with E-state index in [0.29, 0.717) is 13.2 Å². The maximum absolute atomic E-state index is 9.84. The van der Waals surface area contributed by atoms with Crippen molar-refractivity contribution in [2.45, 2.75) is 18.7 Å². The van der Waals surface area contributed by atoms with Crippen LogP contribution in [0.1, 0.15) is 17.2 Å². The summed E-state index contributed by atoms with van der Waals surface area (Å²) in [6.45, 7) is 7.54. The third kappa shape index (κ3) is 5.59. The largest absolute Gasteiger partial charge is 0.492 e. The zero-order chi connectivity index (χ0) is 20.6. The van der Waals surface area contributed by atoms with Crippen LogP contribution in [0.2, 0.25) is 0 Å². The van der Waals surface area contributed by atoms with E-state index in [1.807, 2.05) is 18.2 Å². The van der Waals surface area contributed by atoms with Crippen LogP contribution in [0, 0.1) is 0 Å². The van der Waals surface area contributed by atoms with Gasteiger partial charge >= 0.3 is 0 Å². The number of nitrogens with zero attached hydrogens (tertiary/aromatic N) is 2. The quantitative estimate of drug-likeness (QED) is 0.718. The molecule has 0 bridgehead atoms. The highest BCUT2D eigenvalue weighted by atomic mass is 16.5. The molecular weight excluding hydrogens is 380 g/mol. The lowest BCUT2D eigenvalue weighted by Crippen LogP contribution is -2.46. The first-order valence-electron chi connectivity index (χ1n) is 10.9. The van der Waals surface area contributed by atoms with Crippen molar-refractivity contribution in [3.63, 3.8) is 0 Å². The maximum Gasteiger partial charge on any atom is 0.119 e. The van der Waals surface area contributed by atoms with Gasteiger partial charge in [-0.05, 0) is 23.3 Å². The molecule has 1 N–H and O–H groups in total. The summed E-state index contributed by atoms with van der Waals surface area (Å²) in [6, 6.07) is 18.7. The molecule has 2 aliphatic rings. The molecule has 30 heavy (non-hydrogen) atoms. The van der Waals surface area contributed by atoms with Crippen LogP contribution in [0.3, 0.4) is 0 Å². The zero-order valence-corrected chi connectivity index (χ0v) is 17.5. The van der Waals surface area contributed by atoms with Gasteiger partial charge in [-0.1, -0.05) is 42.5 Å². The van der Waals surface area contributed by atoms with E-state index >= 15 is 0 Å². The highest BCUT2D eigenvalue weighted by Gasteiger charge is 2.33. The van der Waals surface area contributed by atoms with Crippen molar-refractivity contribution in [3.05, 3.63) is 65.7 Å². The van der Waals surface area contributed by atoms with Gasteiger partial charge in [0.25, 0.3) is 0 Å². The van der Waals surface area contributed by atoms with Crippen LogP contribution in [0.4, 0.5) is 0 Å². The van der Waals surface area contributed by atoms with Crippen molar-refractivity contribution in [1.82, 2.24) is 9.80 Å². The number of hydrogen-bond donors (Lipinski definition) is 1. The number of ether oxygens (including phenoxy) is 3. The van der Waals surface area contributed by atoms with E-state index in [2.05, 4.69) is 46.2 Å². The fraction of sp³-hybridized carbons (Fsp3) is 0.500. The number of benzene rings is 2. The fourth-order valence-electron chi connectivity index (χ4n) is 4.24. The minimum Gasteiger partial charge on any atom is -0.492 e. The molecule has 2 aromatic carbocycles. The first-order valence-corrected chi connectivity index (χ1v) is 10.9. The van der Waals surface area contributed by atoms with E-state index < -0.39 is 0 Å². The van der Waals surface area contributed by atoms with Gasteiger partial charge in [0.05, 0.1) is 32.5 Å². The molecule has 0 radical (unpaired) electrons. The van der Waals surface area contributed by atoms with Gasteiger partial charge in [0.15, 0.2) is 0 Å². The van der Waals surface area contributed by atoms with Crippen LogP contribution < -0.4 is 4.74 Å². The van der Waals surface area contributed by atoms with E-state index in [4.69, 9.17) is 14.2 Å². The predicted molar refractivity (Wildman–Crippen MR) is 116 cm³/mol. The van der Waals surface area contributed by atoms with E-state index in [9.17, 15) is 5.11 Å². The molecule has 0 aromatic heterocycles. The lowest BCUT2D eigenvalue weighted by Gasteiger charge is -2.41. The molecule has 6 heteroatoms. The summed E-state index contributed by atoms with van der Waals surface area (Å²) in [7, 11) is 0. The van der Waals surface area contributed by atoms with E-state index in [1.54, 1.807) is 0 Å². The third-order valence-electron chi connectivity index (χ3n) is 5.87. The SMILES string of the molecule is OC[C@@H]1OCCN(Cc2ccc(OCCN3CCOCC3)cc2)[C@H]1c1ccccc1. The summed E-state index contributed by atoms with van der Waals surface area (Å²) in [5, 5.41) is 9.84. The molecule has 0 unspecified atom stereocenters. The maximum atomic E-state index is 9.84. The fourth-order valence-corrected chi connectivity index (χ4v) is 4.24. The summed E-state index contributed by atoms with van der Waals surface area (Å²) in [4.78, 5) is 4.77. The summed E-state index contributed by atoms with van der Waals surface area (Å²) in [5.74, 6) is 0.904. The highest BCUT2D eigenvalue weighted by molar-refractivity contribution is 5.28. The molecule has 0 saturated carbocycles. The lowest BCUT2D eigenvalue weighted by molar-refractivity contribution is -0.0960. The zero-order valence-electron chi connectivity index (χ0n) is 17.5. The van der Waals surface area contributed by atoms with Gasteiger partial charge < -0.3 is 19.3 Å². The van der Waals surface area contributed by atoms with E-state index in [0.717, 1.165) is 51.7 Å². The molecular formula is C24H32N2O4. The van der Waals surface area contributed by atoms with Crippen molar-refractivity contribution in [2.24, 2.45) is 0 Å².